The molecule has 0 radical (unpaired) electrons. The highest BCUT2D eigenvalue weighted by atomic mass is 16.2. The summed E-state index contributed by atoms with van der Waals surface area (Å²) in [6.07, 6.45) is 4.00. The molecule has 6 nitrogen and oxygen atoms in total. The molecule has 0 aliphatic carbocycles. The molecule has 6 heteroatoms. The zero-order valence-corrected chi connectivity index (χ0v) is 13.3. The number of rotatable bonds is 7. The van der Waals surface area contributed by atoms with Crippen LogP contribution in [0.3, 0.4) is 0 Å². The Labute approximate surface area is 141 Å². The molecule has 0 unspecified atom stereocenters. The summed E-state index contributed by atoms with van der Waals surface area (Å²) in [6.45, 7) is 4.45. The highest BCUT2D eigenvalue weighted by Gasteiger charge is 2.05. The smallest absolute Gasteiger partial charge is 0.319 e. The highest BCUT2D eigenvalue weighted by molar-refractivity contribution is 5.95. The predicted octanol–water partition coefficient (Wildman–Crippen LogP) is 2.36. The number of benzene rings is 1. The Morgan fingerprint density at radius 3 is 2.54 bits per heavy atom. The molecule has 1 heterocycles. The van der Waals surface area contributed by atoms with Crippen molar-refractivity contribution >= 4 is 17.6 Å². The maximum Gasteiger partial charge on any atom is 0.319 e. The SMILES string of the molecule is C=CCNC(=O)c1ccc(NC(=O)NCCc2ccccn2)cc1. The van der Waals surface area contributed by atoms with Crippen LogP contribution in [0.25, 0.3) is 0 Å². The van der Waals surface area contributed by atoms with Gasteiger partial charge in [0.05, 0.1) is 0 Å². The molecule has 0 bridgehead atoms. The molecular weight excluding hydrogens is 304 g/mol. The van der Waals surface area contributed by atoms with Gasteiger partial charge in [0.15, 0.2) is 0 Å². The van der Waals surface area contributed by atoms with E-state index in [4.69, 9.17) is 0 Å². The largest absolute Gasteiger partial charge is 0.349 e. The minimum atomic E-state index is -0.296. The first kappa shape index (κ1) is 17.2. The molecule has 0 aliphatic rings. The van der Waals surface area contributed by atoms with E-state index in [0.717, 1.165) is 5.69 Å². The van der Waals surface area contributed by atoms with Crippen LogP contribution in [0.1, 0.15) is 16.1 Å². The van der Waals surface area contributed by atoms with E-state index in [0.29, 0.717) is 30.8 Å². The van der Waals surface area contributed by atoms with Crippen LogP contribution >= 0.6 is 0 Å². The molecule has 2 rings (SSSR count). The summed E-state index contributed by atoms with van der Waals surface area (Å²) in [5.41, 5.74) is 2.07. The summed E-state index contributed by atoms with van der Waals surface area (Å²) >= 11 is 0. The van der Waals surface area contributed by atoms with E-state index in [1.807, 2.05) is 18.2 Å². The van der Waals surface area contributed by atoms with E-state index in [-0.39, 0.29) is 11.9 Å². The number of hydrogen-bond acceptors (Lipinski definition) is 3. The predicted molar refractivity (Wildman–Crippen MR) is 93.9 cm³/mol. The summed E-state index contributed by atoms with van der Waals surface area (Å²) in [5, 5.41) is 8.17. The number of aromatic nitrogens is 1. The number of pyridine rings is 1. The fraction of sp³-hybridized carbons (Fsp3) is 0.167. The van der Waals surface area contributed by atoms with E-state index >= 15 is 0 Å². The topological polar surface area (TPSA) is 83.1 Å². The fourth-order valence-electron chi connectivity index (χ4n) is 2.00. The first-order valence-corrected chi connectivity index (χ1v) is 7.63. The Bertz CT molecular complexity index is 684. The molecule has 3 N–H and O–H groups in total. The van der Waals surface area contributed by atoms with Crippen LogP contribution in [-0.4, -0.2) is 30.0 Å². The second-order valence-electron chi connectivity index (χ2n) is 5.03. The van der Waals surface area contributed by atoms with Crippen molar-refractivity contribution in [3.8, 4) is 0 Å². The van der Waals surface area contributed by atoms with Gasteiger partial charge in [0, 0.05) is 42.7 Å². The fourth-order valence-corrected chi connectivity index (χ4v) is 2.00. The van der Waals surface area contributed by atoms with Gasteiger partial charge >= 0.3 is 6.03 Å². The van der Waals surface area contributed by atoms with Crippen molar-refractivity contribution in [2.45, 2.75) is 6.42 Å². The minimum Gasteiger partial charge on any atom is -0.349 e. The van der Waals surface area contributed by atoms with Gasteiger partial charge in [-0.3, -0.25) is 9.78 Å². The second-order valence-corrected chi connectivity index (χ2v) is 5.03. The maximum absolute atomic E-state index is 11.8. The van der Waals surface area contributed by atoms with Gasteiger partial charge in [-0.15, -0.1) is 6.58 Å². The van der Waals surface area contributed by atoms with Crippen LogP contribution in [0.2, 0.25) is 0 Å². The summed E-state index contributed by atoms with van der Waals surface area (Å²) in [5.74, 6) is -0.179. The Hall–Kier alpha value is -3.15. The summed E-state index contributed by atoms with van der Waals surface area (Å²) in [7, 11) is 0. The molecular formula is C18H20N4O2. The highest BCUT2D eigenvalue weighted by Crippen LogP contribution is 2.09. The first-order chi connectivity index (χ1) is 11.7. The number of nitrogens with one attached hydrogen (secondary N) is 3. The Morgan fingerprint density at radius 1 is 1.08 bits per heavy atom. The van der Waals surface area contributed by atoms with Crippen molar-refractivity contribution in [2.24, 2.45) is 0 Å². The number of carbonyl (C=O) groups excluding carboxylic acids is 2. The van der Waals surface area contributed by atoms with Crippen LogP contribution < -0.4 is 16.0 Å². The Morgan fingerprint density at radius 2 is 1.88 bits per heavy atom. The number of nitrogens with zero attached hydrogens (tertiary/aromatic N) is 1. The molecule has 3 amide bonds. The van der Waals surface area contributed by atoms with Gasteiger partial charge in [0.2, 0.25) is 0 Å². The van der Waals surface area contributed by atoms with Gasteiger partial charge in [-0.2, -0.15) is 0 Å². The normalized spacial score (nSPS) is 9.83. The summed E-state index contributed by atoms with van der Waals surface area (Å²) in [6, 6.07) is 12.1. The number of anilines is 1. The van der Waals surface area contributed by atoms with Crippen molar-refractivity contribution in [1.29, 1.82) is 0 Å². The molecule has 0 atom stereocenters. The average molecular weight is 324 g/mol. The van der Waals surface area contributed by atoms with E-state index in [1.165, 1.54) is 0 Å². The third kappa shape index (κ3) is 5.57. The standard InChI is InChI=1S/C18H20N4O2/c1-2-11-20-17(23)14-6-8-16(9-7-14)22-18(24)21-13-10-15-5-3-4-12-19-15/h2-9,12H,1,10-11,13H2,(H,20,23)(H2,21,22,24). The molecule has 0 saturated carbocycles. The monoisotopic (exact) mass is 324 g/mol. The molecule has 0 spiro atoms. The van der Waals surface area contributed by atoms with E-state index in [1.54, 1.807) is 36.5 Å². The molecule has 1 aromatic carbocycles. The van der Waals surface area contributed by atoms with E-state index < -0.39 is 0 Å². The number of carbonyl (C=O) groups is 2. The minimum absolute atomic E-state index is 0.179. The van der Waals surface area contributed by atoms with Crippen LogP contribution in [0.5, 0.6) is 0 Å². The molecule has 1 aromatic heterocycles. The maximum atomic E-state index is 11.8. The Kier molecular flexibility index (Phi) is 6.52. The van der Waals surface area contributed by atoms with E-state index in [9.17, 15) is 9.59 Å². The number of hydrogen-bond donors (Lipinski definition) is 3. The third-order valence-electron chi connectivity index (χ3n) is 3.20. The van der Waals surface area contributed by atoms with Gasteiger partial charge in [-0.25, -0.2) is 4.79 Å². The van der Waals surface area contributed by atoms with Crippen LogP contribution in [0.4, 0.5) is 10.5 Å². The third-order valence-corrected chi connectivity index (χ3v) is 3.20. The molecule has 0 aliphatic heterocycles. The summed E-state index contributed by atoms with van der Waals surface area (Å²) in [4.78, 5) is 27.8. The van der Waals surface area contributed by atoms with Crippen LogP contribution in [-0.2, 0) is 6.42 Å². The second kappa shape index (κ2) is 9.09. The van der Waals surface area contributed by atoms with E-state index in [2.05, 4.69) is 27.5 Å². The Balaban J connectivity index is 1.77. The quantitative estimate of drug-likeness (QED) is 0.684. The zero-order valence-electron chi connectivity index (χ0n) is 13.3. The first-order valence-electron chi connectivity index (χ1n) is 7.63. The van der Waals surface area contributed by atoms with Crippen LogP contribution in [0.15, 0.2) is 61.3 Å². The molecule has 124 valence electrons. The van der Waals surface area contributed by atoms with Gasteiger partial charge in [0.25, 0.3) is 5.91 Å². The molecule has 0 saturated heterocycles. The molecule has 0 fully saturated rings. The zero-order chi connectivity index (χ0) is 17.2. The lowest BCUT2D eigenvalue weighted by molar-refractivity contribution is 0.0958. The number of amides is 3. The lowest BCUT2D eigenvalue weighted by Crippen LogP contribution is -2.30. The molecule has 2 aromatic rings. The van der Waals surface area contributed by atoms with Crippen molar-refractivity contribution in [3.63, 3.8) is 0 Å². The number of urea groups is 1. The van der Waals surface area contributed by atoms with Crippen molar-refractivity contribution in [1.82, 2.24) is 15.6 Å². The van der Waals surface area contributed by atoms with Gasteiger partial charge in [-0.1, -0.05) is 12.1 Å². The average Bonchev–Trinajstić information content (AvgIpc) is 2.61. The van der Waals surface area contributed by atoms with Crippen LogP contribution in [0, 0.1) is 0 Å². The van der Waals surface area contributed by atoms with Crippen molar-refractivity contribution in [3.05, 3.63) is 72.6 Å². The summed E-state index contributed by atoms with van der Waals surface area (Å²) < 4.78 is 0. The lowest BCUT2D eigenvalue weighted by atomic mass is 10.2. The van der Waals surface area contributed by atoms with Crippen molar-refractivity contribution in [2.75, 3.05) is 18.4 Å². The van der Waals surface area contributed by atoms with Gasteiger partial charge in [0.1, 0.15) is 0 Å². The molecule has 24 heavy (non-hydrogen) atoms. The lowest BCUT2D eigenvalue weighted by Gasteiger charge is -2.08. The van der Waals surface area contributed by atoms with Crippen molar-refractivity contribution < 1.29 is 9.59 Å². The van der Waals surface area contributed by atoms with Gasteiger partial charge in [-0.05, 0) is 36.4 Å². The van der Waals surface area contributed by atoms with Gasteiger partial charge < -0.3 is 16.0 Å².